The van der Waals surface area contributed by atoms with E-state index in [4.69, 9.17) is 4.84 Å². The minimum atomic E-state index is -0.0625. The molecule has 1 saturated heterocycles. The summed E-state index contributed by atoms with van der Waals surface area (Å²) in [6.07, 6.45) is 1.17. The molecule has 1 amide bonds. The number of carbonyl (C=O) groups is 1. The van der Waals surface area contributed by atoms with Gasteiger partial charge >= 0.3 is 0 Å². The van der Waals surface area contributed by atoms with Crippen LogP contribution in [-0.4, -0.2) is 17.1 Å². The molecular weight excluding hydrogens is 194 g/mol. The minimum Gasteiger partial charge on any atom is -0.508 e. The van der Waals surface area contributed by atoms with Crippen molar-refractivity contribution in [3.8, 4) is 5.75 Å². The van der Waals surface area contributed by atoms with Crippen LogP contribution in [0.15, 0.2) is 24.3 Å². The highest BCUT2D eigenvalue weighted by molar-refractivity contribution is 5.93. The van der Waals surface area contributed by atoms with Gasteiger partial charge in [0.05, 0.1) is 18.2 Å². The fourth-order valence-electron chi connectivity index (χ4n) is 1.57. The summed E-state index contributed by atoms with van der Waals surface area (Å²) in [5.74, 6) is 0.0660. The average Bonchev–Trinajstić information content (AvgIpc) is 2.60. The molecule has 1 aliphatic rings. The summed E-state index contributed by atoms with van der Waals surface area (Å²) >= 11 is 0. The van der Waals surface area contributed by atoms with Gasteiger partial charge in [0.25, 0.3) is 5.91 Å². The van der Waals surface area contributed by atoms with Crippen LogP contribution in [0.2, 0.25) is 0 Å². The lowest BCUT2D eigenvalue weighted by atomic mass is 10.2. The van der Waals surface area contributed by atoms with Crippen molar-refractivity contribution in [3.05, 3.63) is 24.3 Å². The smallest absolute Gasteiger partial charge is 0.253 e. The van der Waals surface area contributed by atoms with E-state index in [9.17, 15) is 9.90 Å². The summed E-state index contributed by atoms with van der Waals surface area (Å²) in [5.41, 5.74) is 0.580. The number of hydroxylamine groups is 1. The highest BCUT2D eigenvalue weighted by atomic mass is 16.7. The Balaban J connectivity index is 2.21. The van der Waals surface area contributed by atoms with Crippen molar-refractivity contribution < 1.29 is 14.7 Å². The number of phenols is 1. The molecule has 1 aromatic rings. The molecule has 15 heavy (non-hydrogen) atoms. The fraction of sp³-hybridized carbons (Fsp3) is 0.364. The van der Waals surface area contributed by atoms with Gasteiger partial charge in [0.1, 0.15) is 5.75 Å². The molecule has 80 valence electrons. The Bertz CT molecular complexity index is 378. The molecule has 1 aromatic carbocycles. The van der Waals surface area contributed by atoms with Crippen molar-refractivity contribution in [3.63, 3.8) is 0 Å². The maximum Gasteiger partial charge on any atom is 0.253 e. The maximum absolute atomic E-state index is 11.6. The van der Waals surface area contributed by atoms with E-state index in [1.807, 2.05) is 6.92 Å². The van der Waals surface area contributed by atoms with E-state index >= 15 is 0 Å². The van der Waals surface area contributed by atoms with Crippen molar-refractivity contribution >= 4 is 11.6 Å². The first kappa shape index (κ1) is 9.98. The van der Waals surface area contributed by atoms with Crippen molar-refractivity contribution in [2.45, 2.75) is 25.9 Å². The van der Waals surface area contributed by atoms with Gasteiger partial charge in [-0.25, -0.2) is 0 Å². The van der Waals surface area contributed by atoms with Crippen LogP contribution in [0, 0.1) is 0 Å². The molecule has 4 heteroatoms. The highest BCUT2D eigenvalue weighted by Crippen LogP contribution is 2.27. The summed E-state index contributed by atoms with van der Waals surface area (Å²) in [5, 5.41) is 10.5. The van der Waals surface area contributed by atoms with Crippen LogP contribution in [0.3, 0.4) is 0 Å². The Kier molecular flexibility index (Phi) is 2.60. The first-order valence-corrected chi connectivity index (χ1v) is 4.99. The topological polar surface area (TPSA) is 49.8 Å². The van der Waals surface area contributed by atoms with Crippen LogP contribution in [0.25, 0.3) is 0 Å². The average molecular weight is 207 g/mol. The third kappa shape index (κ3) is 1.94. The molecule has 0 aliphatic carbocycles. The summed E-state index contributed by atoms with van der Waals surface area (Å²) in [6.45, 7) is 1.98. The molecule has 1 unspecified atom stereocenters. The Morgan fingerprint density at radius 3 is 3.00 bits per heavy atom. The summed E-state index contributed by atoms with van der Waals surface area (Å²) in [4.78, 5) is 17.0. The molecule has 1 atom stereocenters. The molecule has 4 nitrogen and oxygen atoms in total. The molecule has 0 radical (unpaired) electrons. The number of phenolic OH excluding ortho intramolecular Hbond substituents is 1. The Morgan fingerprint density at radius 1 is 1.60 bits per heavy atom. The first-order chi connectivity index (χ1) is 7.20. The van der Waals surface area contributed by atoms with Gasteiger partial charge in [-0.05, 0) is 18.6 Å². The van der Waals surface area contributed by atoms with E-state index in [0.29, 0.717) is 12.1 Å². The van der Waals surface area contributed by atoms with Gasteiger partial charge in [0.2, 0.25) is 0 Å². The maximum atomic E-state index is 11.6. The lowest BCUT2D eigenvalue weighted by molar-refractivity contribution is -0.119. The number of amides is 1. The predicted octanol–water partition coefficient (Wildman–Crippen LogP) is 1.84. The number of carbonyl (C=O) groups excluding carboxylic acids is 1. The lowest BCUT2D eigenvalue weighted by Crippen LogP contribution is -2.22. The fourth-order valence-corrected chi connectivity index (χ4v) is 1.57. The molecular formula is C11H13NO3. The van der Waals surface area contributed by atoms with Gasteiger partial charge in [-0.3, -0.25) is 9.63 Å². The van der Waals surface area contributed by atoms with E-state index in [0.717, 1.165) is 6.42 Å². The monoisotopic (exact) mass is 207 g/mol. The molecule has 1 fully saturated rings. The standard InChI is InChI=1S/C11H13NO3/c1-2-10-7-11(14)12(15-10)8-4-3-5-9(13)6-8/h3-6,10,13H,2,7H2,1H3. The largest absolute Gasteiger partial charge is 0.508 e. The van der Waals surface area contributed by atoms with Gasteiger partial charge in [0.15, 0.2) is 0 Å². The van der Waals surface area contributed by atoms with Crippen LogP contribution in [0.4, 0.5) is 5.69 Å². The van der Waals surface area contributed by atoms with Gasteiger partial charge in [-0.1, -0.05) is 13.0 Å². The normalized spacial score (nSPS) is 21.0. The molecule has 0 spiro atoms. The number of hydrogen-bond donors (Lipinski definition) is 1. The molecule has 1 N–H and O–H groups in total. The van der Waals surface area contributed by atoms with Crippen LogP contribution in [0.5, 0.6) is 5.75 Å². The Labute approximate surface area is 88.0 Å². The summed E-state index contributed by atoms with van der Waals surface area (Å²) in [6, 6.07) is 6.48. The quantitative estimate of drug-likeness (QED) is 0.805. The number of benzene rings is 1. The number of rotatable bonds is 2. The first-order valence-electron chi connectivity index (χ1n) is 4.99. The van der Waals surface area contributed by atoms with Crippen LogP contribution in [-0.2, 0) is 9.63 Å². The van der Waals surface area contributed by atoms with E-state index in [1.165, 1.54) is 11.1 Å². The van der Waals surface area contributed by atoms with E-state index in [1.54, 1.807) is 18.2 Å². The van der Waals surface area contributed by atoms with Crippen LogP contribution in [0.1, 0.15) is 19.8 Å². The second-order valence-corrected chi connectivity index (χ2v) is 3.55. The van der Waals surface area contributed by atoms with Gasteiger partial charge in [-0.2, -0.15) is 5.06 Å². The van der Waals surface area contributed by atoms with Crippen LogP contribution < -0.4 is 5.06 Å². The van der Waals surface area contributed by atoms with Gasteiger partial charge in [-0.15, -0.1) is 0 Å². The zero-order valence-electron chi connectivity index (χ0n) is 8.51. The van der Waals surface area contributed by atoms with E-state index < -0.39 is 0 Å². The van der Waals surface area contributed by atoms with E-state index in [-0.39, 0.29) is 17.8 Å². The Hall–Kier alpha value is -1.55. The second kappa shape index (κ2) is 3.90. The molecule has 0 aromatic heterocycles. The molecule has 1 aliphatic heterocycles. The number of anilines is 1. The van der Waals surface area contributed by atoms with Crippen molar-refractivity contribution in [1.82, 2.24) is 0 Å². The Morgan fingerprint density at radius 2 is 2.40 bits per heavy atom. The lowest BCUT2D eigenvalue weighted by Gasteiger charge is -2.15. The number of aromatic hydroxyl groups is 1. The number of nitrogens with zero attached hydrogens (tertiary/aromatic N) is 1. The molecule has 0 bridgehead atoms. The predicted molar refractivity (Wildman–Crippen MR) is 55.4 cm³/mol. The molecule has 0 saturated carbocycles. The van der Waals surface area contributed by atoms with Gasteiger partial charge < -0.3 is 5.11 Å². The third-order valence-corrected chi connectivity index (χ3v) is 2.40. The van der Waals surface area contributed by atoms with Crippen LogP contribution >= 0.6 is 0 Å². The van der Waals surface area contributed by atoms with E-state index in [2.05, 4.69) is 0 Å². The summed E-state index contributed by atoms with van der Waals surface area (Å²) in [7, 11) is 0. The van der Waals surface area contributed by atoms with Gasteiger partial charge in [0, 0.05) is 6.07 Å². The highest BCUT2D eigenvalue weighted by Gasteiger charge is 2.30. The zero-order valence-corrected chi connectivity index (χ0v) is 8.51. The van der Waals surface area contributed by atoms with Crippen molar-refractivity contribution in [2.24, 2.45) is 0 Å². The van der Waals surface area contributed by atoms with Crippen molar-refractivity contribution in [1.29, 1.82) is 0 Å². The SMILES string of the molecule is CCC1CC(=O)N(c2cccc(O)c2)O1. The summed E-state index contributed by atoms with van der Waals surface area (Å²) < 4.78 is 0. The second-order valence-electron chi connectivity index (χ2n) is 3.55. The molecule has 1 heterocycles. The molecule has 2 rings (SSSR count). The number of hydrogen-bond acceptors (Lipinski definition) is 3. The van der Waals surface area contributed by atoms with Crippen molar-refractivity contribution in [2.75, 3.05) is 5.06 Å². The zero-order chi connectivity index (χ0) is 10.8. The third-order valence-electron chi connectivity index (χ3n) is 2.40. The minimum absolute atomic E-state index is 0.0418.